The van der Waals surface area contributed by atoms with E-state index < -0.39 is 5.56 Å². The van der Waals surface area contributed by atoms with Crippen molar-refractivity contribution in [3.63, 3.8) is 0 Å². The summed E-state index contributed by atoms with van der Waals surface area (Å²) in [7, 11) is 0. The van der Waals surface area contributed by atoms with Crippen molar-refractivity contribution in [1.29, 1.82) is 0 Å². The molecule has 2 rings (SSSR count). The molecule has 0 atom stereocenters. The van der Waals surface area contributed by atoms with E-state index in [2.05, 4.69) is 25.7 Å². The number of phenols is 2. The second kappa shape index (κ2) is 4.95. The molecule has 0 saturated heterocycles. The minimum Gasteiger partial charge on any atom is -0.508 e. The Morgan fingerprint density at radius 2 is 2.22 bits per heavy atom. The van der Waals surface area contributed by atoms with Crippen LogP contribution in [0.5, 0.6) is 11.5 Å². The Balaban J connectivity index is 2.10. The van der Waals surface area contributed by atoms with Crippen molar-refractivity contribution in [2.24, 2.45) is 5.10 Å². The summed E-state index contributed by atoms with van der Waals surface area (Å²) < 4.78 is 0. The average molecular weight is 247 g/mol. The predicted molar refractivity (Wildman–Crippen MR) is 63.6 cm³/mol. The quantitative estimate of drug-likeness (QED) is 0.448. The smallest absolute Gasteiger partial charge is 0.271 e. The normalized spacial score (nSPS) is 10.7. The maximum Gasteiger partial charge on any atom is 0.271 e. The van der Waals surface area contributed by atoms with Crippen LogP contribution in [0.3, 0.4) is 0 Å². The van der Waals surface area contributed by atoms with Gasteiger partial charge in [0, 0.05) is 11.6 Å². The monoisotopic (exact) mass is 247 g/mol. The van der Waals surface area contributed by atoms with Crippen molar-refractivity contribution in [3.05, 3.63) is 40.3 Å². The first-order valence-electron chi connectivity index (χ1n) is 4.88. The van der Waals surface area contributed by atoms with Gasteiger partial charge in [-0.2, -0.15) is 5.10 Å². The SMILES string of the molecule is O=c1cnnc(N/N=C/c2ccc(O)cc2O)[nH]1. The summed E-state index contributed by atoms with van der Waals surface area (Å²) in [5, 5.41) is 29.3. The van der Waals surface area contributed by atoms with Crippen LogP contribution in [0.25, 0.3) is 0 Å². The third-order valence-electron chi connectivity index (χ3n) is 1.96. The number of nitrogens with one attached hydrogen (secondary N) is 2. The molecule has 0 spiro atoms. The van der Waals surface area contributed by atoms with Gasteiger partial charge in [-0.25, -0.2) is 5.43 Å². The van der Waals surface area contributed by atoms with Crippen LogP contribution in [0.2, 0.25) is 0 Å². The molecule has 2 aromatic rings. The lowest BCUT2D eigenvalue weighted by atomic mass is 10.2. The number of rotatable bonds is 3. The van der Waals surface area contributed by atoms with E-state index in [1.807, 2.05) is 0 Å². The average Bonchev–Trinajstić information content (AvgIpc) is 2.32. The molecule has 0 fully saturated rings. The fourth-order valence-corrected chi connectivity index (χ4v) is 1.17. The second-order valence-corrected chi connectivity index (χ2v) is 3.30. The first kappa shape index (κ1) is 11.6. The van der Waals surface area contributed by atoms with Gasteiger partial charge in [0.1, 0.15) is 17.7 Å². The van der Waals surface area contributed by atoms with Crippen molar-refractivity contribution in [1.82, 2.24) is 15.2 Å². The highest BCUT2D eigenvalue weighted by molar-refractivity contribution is 5.84. The van der Waals surface area contributed by atoms with Gasteiger partial charge in [0.2, 0.25) is 5.95 Å². The lowest BCUT2D eigenvalue weighted by Crippen LogP contribution is -2.10. The fraction of sp³-hybridized carbons (Fsp3) is 0. The molecule has 4 N–H and O–H groups in total. The van der Waals surface area contributed by atoms with Gasteiger partial charge < -0.3 is 10.2 Å². The van der Waals surface area contributed by atoms with Crippen LogP contribution in [0, 0.1) is 0 Å². The lowest BCUT2D eigenvalue weighted by Gasteiger charge is -1.99. The molecule has 8 nitrogen and oxygen atoms in total. The van der Waals surface area contributed by atoms with Crippen LogP contribution in [0.15, 0.2) is 34.3 Å². The number of hydrogen-bond donors (Lipinski definition) is 4. The highest BCUT2D eigenvalue weighted by atomic mass is 16.3. The third-order valence-corrected chi connectivity index (χ3v) is 1.96. The molecule has 0 radical (unpaired) electrons. The molecule has 0 bridgehead atoms. The van der Waals surface area contributed by atoms with E-state index in [9.17, 15) is 9.90 Å². The Morgan fingerprint density at radius 1 is 1.39 bits per heavy atom. The fourth-order valence-electron chi connectivity index (χ4n) is 1.17. The summed E-state index contributed by atoms with van der Waals surface area (Å²) in [5.41, 5.74) is 2.43. The van der Waals surface area contributed by atoms with Gasteiger partial charge in [-0.3, -0.25) is 9.78 Å². The van der Waals surface area contributed by atoms with E-state index in [4.69, 9.17) is 5.11 Å². The van der Waals surface area contributed by atoms with Gasteiger partial charge in [-0.1, -0.05) is 0 Å². The van der Waals surface area contributed by atoms with Gasteiger partial charge >= 0.3 is 0 Å². The summed E-state index contributed by atoms with van der Waals surface area (Å²) in [6.45, 7) is 0. The largest absolute Gasteiger partial charge is 0.508 e. The van der Waals surface area contributed by atoms with E-state index >= 15 is 0 Å². The molecule has 0 amide bonds. The number of nitrogens with zero attached hydrogens (tertiary/aromatic N) is 3. The minimum absolute atomic E-state index is 0.0455. The molecule has 0 aliphatic carbocycles. The summed E-state index contributed by atoms with van der Waals surface area (Å²) in [5.74, 6) is -0.0823. The molecular formula is C10H9N5O3. The molecule has 8 heteroatoms. The molecule has 0 saturated carbocycles. The van der Waals surface area contributed by atoms with Gasteiger partial charge in [0.25, 0.3) is 5.56 Å². The zero-order valence-corrected chi connectivity index (χ0v) is 9.03. The number of hydrazone groups is 1. The van der Waals surface area contributed by atoms with Crippen LogP contribution in [-0.2, 0) is 0 Å². The van der Waals surface area contributed by atoms with Gasteiger partial charge in [-0.05, 0) is 12.1 Å². The van der Waals surface area contributed by atoms with E-state index in [-0.39, 0.29) is 17.4 Å². The molecule has 92 valence electrons. The predicted octanol–water partition coefficient (Wildman–Crippen LogP) is 0.0221. The Morgan fingerprint density at radius 3 is 2.94 bits per heavy atom. The summed E-state index contributed by atoms with van der Waals surface area (Å²) >= 11 is 0. The summed E-state index contributed by atoms with van der Waals surface area (Å²) in [6.07, 6.45) is 2.34. The Bertz CT molecular complexity index is 637. The first-order valence-corrected chi connectivity index (χ1v) is 4.88. The second-order valence-electron chi connectivity index (χ2n) is 3.30. The molecule has 18 heavy (non-hydrogen) atoms. The Hall–Kier alpha value is -2.90. The topological polar surface area (TPSA) is 123 Å². The summed E-state index contributed by atoms with van der Waals surface area (Å²) in [6, 6.07) is 4.08. The number of phenolic OH excluding ortho intramolecular Hbond substituents is 2. The Kier molecular flexibility index (Phi) is 3.19. The van der Waals surface area contributed by atoms with Crippen molar-refractivity contribution >= 4 is 12.2 Å². The maximum absolute atomic E-state index is 10.9. The van der Waals surface area contributed by atoms with Crippen LogP contribution < -0.4 is 11.0 Å². The third kappa shape index (κ3) is 2.82. The molecule has 0 unspecified atom stereocenters. The molecule has 1 heterocycles. The number of hydrogen-bond acceptors (Lipinski definition) is 7. The standard InChI is InChI=1S/C10H9N5O3/c16-7-2-1-6(8(17)3-7)4-11-14-10-13-9(18)5-12-15-10/h1-5,16-17H,(H2,13,14,15,18)/b11-4+. The maximum atomic E-state index is 10.9. The molecular weight excluding hydrogens is 238 g/mol. The molecule has 1 aromatic carbocycles. The van der Waals surface area contributed by atoms with Crippen LogP contribution in [-0.4, -0.2) is 31.6 Å². The van der Waals surface area contributed by atoms with Crippen LogP contribution >= 0.6 is 0 Å². The van der Waals surface area contributed by atoms with E-state index in [1.165, 1.54) is 24.4 Å². The van der Waals surface area contributed by atoms with Crippen molar-refractivity contribution in [2.75, 3.05) is 5.43 Å². The highest BCUT2D eigenvalue weighted by Gasteiger charge is 1.99. The van der Waals surface area contributed by atoms with E-state index in [1.54, 1.807) is 0 Å². The van der Waals surface area contributed by atoms with Gasteiger partial charge in [-0.15, -0.1) is 10.2 Å². The first-order chi connectivity index (χ1) is 8.65. The zero-order chi connectivity index (χ0) is 13.0. The highest BCUT2D eigenvalue weighted by Crippen LogP contribution is 2.20. The van der Waals surface area contributed by atoms with Crippen molar-refractivity contribution in [2.45, 2.75) is 0 Å². The van der Waals surface area contributed by atoms with Crippen molar-refractivity contribution < 1.29 is 10.2 Å². The Labute approximate surface area is 101 Å². The number of aromatic nitrogens is 3. The number of aromatic hydroxyl groups is 2. The van der Waals surface area contributed by atoms with Crippen molar-refractivity contribution in [3.8, 4) is 11.5 Å². The van der Waals surface area contributed by atoms with Crippen LogP contribution in [0.4, 0.5) is 5.95 Å². The summed E-state index contributed by atoms with van der Waals surface area (Å²) in [4.78, 5) is 13.3. The molecule has 0 aliphatic rings. The van der Waals surface area contributed by atoms with Crippen LogP contribution in [0.1, 0.15) is 5.56 Å². The molecule has 0 aliphatic heterocycles. The molecule has 1 aromatic heterocycles. The number of aromatic amines is 1. The number of benzene rings is 1. The lowest BCUT2D eigenvalue weighted by molar-refractivity contribution is 0.450. The van der Waals surface area contributed by atoms with Gasteiger partial charge in [0.15, 0.2) is 0 Å². The van der Waals surface area contributed by atoms with E-state index in [0.29, 0.717) is 5.56 Å². The van der Waals surface area contributed by atoms with E-state index in [0.717, 1.165) is 6.20 Å². The number of anilines is 1. The van der Waals surface area contributed by atoms with Gasteiger partial charge in [0.05, 0.1) is 6.21 Å². The minimum atomic E-state index is -0.407. The number of H-pyrrole nitrogens is 1. The zero-order valence-electron chi connectivity index (χ0n) is 9.03.